The molecule has 6 rings (SSSR count). The van der Waals surface area contributed by atoms with E-state index in [2.05, 4.69) is 182 Å². The zero-order valence-corrected chi connectivity index (χ0v) is 31.6. The Morgan fingerprint density at radius 1 is 0.244 bits per heavy atom. The second-order valence-corrected chi connectivity index (χ2v) is 18.4. The van der Waals surface area contributed by atoms with Crippen LogP contribution in [-0.2, 0) is 0 Å². The molecule has 0 nitrogen and oxygen atoms in total. The van der Waals surface area contributed by atoms with Gasteiger partial charge in [0.25, 0.3) is 0 Å². The molecule has 0 amide bonds. The molecule has 4 heteroatoms. The van der Waals surface area contributed by atoms with E-state index in [1.54, 1.807) is 0 Å². The number of hydrogen-bond donors (Lipinski definition) is 0. The van der Waals surface area contributed by atoms with E-state index in [1.165, 1.54) is 63.4 Å². The zero-order valence-electron chi connectivity index (χ0n) is 25.5. The first kappa shape index (κ1) is 35.5. The normalized spacial score (nSPS) is 11.2. The molecule has 6 aromatic carbocycles. The van der Waals surface area contributed by atoms with Gasteiger partial charge < -0.3 is 48.0 Å². The molecular weight excluding hydrogens is 808 g/mol. The lowest BCUT2D eigenvalue weighted by molar-refractivity contribution is -0.001000. The van der Waals surface area contributed by atoms with E-state index in [-0.39, 0.29) is 48.0 Å². The van der Waals surface area contributed by atoms with Crippen LogP contribution in [-0.4, -0.2) is 12.3 Å². The highest BCUT2D eigenvalue weighted by Crippen LogP contribution is 2.58. The predicted octanol–water partition coefficient (Wildman–Crippen LogP) is 2.15. The number of benzene rings is 6. The van der Waals surface area contributed by atoms with Crippen LogP contribution in [0.25, 0.3) is 0 Å². The molecule has 6 aromatic rings. The van der Waals surface area contributed by atoms with E-state index >= 15 is 0 Å². The maximum absolute atomic E-state index is 2.37. The summed E-state index contributed by atoms with van der Waals surface area (Å²) in [5.41, 5.74) is 0. The van der Waals surface area contributed by atoms with E-state index in [1.807, 2.05) is 0 Å². The smallest absolute Gasteiger partial charge is 0.112 e. The SMILES string of the molecule is [I-].[I-].c1ccc([P+](CCCCC[P+](c2ccccc2)(c2ccccc2)c2ccccc2)(c2ccccc2)c2ccccc2)cc1. The van der Waals surface area contributed by atoms with Crippen molar-refractivity contribution in [2.45, 2.75) is 19.3 Å². The summed E-state index contributed by atoms with van der Waals surface area (Å²) in [4.78, 5) is 0. The molecule has 0 aliphatic carbocycles. The fourth-order valence-corrected chi connectivity index (χ4v) is 15.5. The molecular formula is C41H40I2P2. The summed E-state index contributed by atoms with van der Waals surface area (Å²) in [5, 5.41) is 8.87. The first-order valence-corrected chi connectivity index (χ1v) is 19.4. The van der Waals surface area contributed by atoms with Crippen LogP contribution in [0.1, 0.15) is 19.3 Å². The minimum absolute atomic E-state index is 0. The van der Waals surface area contributed by atoms with Gasteiger partial charge in [-0.3, -0.25) is 0 Å². The van der Waals surface area contributed by atoms with Crippen molar-refractivity contribution in [1.29, 1.82) is 0 Å². The Morgan fingerprint density at radius 3 is 0.600 bits per heavy atom. The Morgan fingerprint density at radius 2 is 0.422 bits per heavy atom. The van der Waals surface area contributed by atoms with Crippen molar-refractivity contribution in [3.8, 4) is 0 Å². The van der Waals surface area contributed by atoms with Gasteiger partial charge in [-0.25, -0.2) is 0 Å². The Labute approximate surface area is 305 Å². The Hall–Kier alpha value is -2.36. The van der Waals surface area contributed by atoms with Gasteiger partial charge >= 0.3 is 0 Å². The molecule has 0 spiro atoms. The van der Waals surface area contributed by atoms with Crippen LogP contribution in [0.3, 0.4) is 0 Å². The maximum Gasteiger partial charge on any atom is 0.112 e. The van der Waals surface area contributed by atoms with Gasteiger partial charge in [-0.2, -0.15) is 0 Å². The van der Waals surface area contributed by atoms with Crippen LogP contribution in [0.2, 0.25) is 0 Å². The summed E-state index contributed by atoms with van der Waals surface area (Å²) in [6.45, 7) is 0. The number of rotatable bonds is 12. The molecule has 0 aliphatic heterocycles. The molecule has 0 fully saturated rings. The highest BCUT2D eigenvalue weighted by Gasteiger charge is 2.46. The first-order chi connectivity index (χ1) is 21.3. The number of hydrogen-bond acceptors (Lipinski definition) is 0. The summed E-state index contributed by atoms with van der Waals surface area (Å²) < 4.78 is 0. The van der Waals surface area contributed by atoms with Gasteiger partial charge in [0.05, 0.1) is 12.3 Å². The van der Waals surface area contributed by atoms with E-state index in [0.29, 0.717) is 0 Å². The predicted molar refractivity (Wildman–Crippen MR) is 194 cm³/mol. The summed E-state index contributed by atoms with van der Waals surface area (Å²) >= 11 is 0. The van der Waals surface area contributed by atoms with Gasteiger partial charge in [-0.05, 0) is 92.1 Å². The Bertz CT molecular complexity index is 1340. The monoisotopic (exact) mass is 848 g/mol. The third-order valence-electron chi connectivity index (χ3n) is 8.67. The molecule has 0 radical (unpaired) electrons. The molecule has 0 aromatic heterocycles. The minimum atomic E-state index is -1.80. The zero-order chi connectivity index (χ0) is 29.2. The lowest BCUT2D eigenvalue weighted by Crippen LogP contribution is -3.00. The molecule has 0 aliphatic rings. The van der Waals surface area contributed by atoms with E-state index < -0.39 is 14.5 Å². The van der Waals surface area contributed by atoms with Crippen molar-refractivity contribution in [2.75, 3.05) is 12.3 Å². The fraction of sp³-hybridized carbons (Fsp3) is 0.122. The maximum atomic E-state index is 2.37. The average Bonchev–Trinajstić information content (AvgIpc) is 3.11. The summed E-state index contributed by atoms with van der Waals surface area (Å²) in [6.07, 6.45) is 5.97. The fourth-order valence-electron chi connectivity index (χ4n) is 6.64. The van der Waals surface area contributed by atoms with Crippen molar-refractivity contribution in [3.63, 3.8) is 0 Å². The largest absolute Gasteiger partial charge is 1.00 e. The minimum Gasteiger partial charge on any atom is -1.00 e. The third kappa shape index (κ3) is 7.79. The standard InChI is InChI=1S/C41H40P2.2HI/c1-8-22-36(23-9-1)42(37-24-10-2-11-25-37,38-26-12-3-13-27-38)34-20-7-21-35-43(39-28-14-4-15-29-39,40-30-16-5-17-31-40)41-32-18-6-19-33-41;;/h1-6,8-19,22-33H,7,20-21,34-35H2;2*1H/q+2;;/p-2. The topological polar surface area (TPSA) is 0 Å². The van der Waals surface area contributed by atoms with Gasteiger partial charge in [-0.1, -0.05) is 109 Å². The van der Waals surface area contributed by atoms with Gasteiger partial charge in [0.2, 0.25) is 0 Å². The molecule has 0 bridgehead atoms. The molecule has 0 N–H and O–H groups in total. The summed E-state index contributed by atoms with van der Waals surface area (Å²) in [6, 6.07) is 67.9. The van der Waals surface area contributed by atoms with Crippen LogP contribution in [0.4, 0.5) is 0 Å². The van der Waals surface area contributed by atoms with E-state index in [4.69, 9.17) is 0 Å². The highest BCUT2D eigenvalue weighted by molar-refractivity contribution is 7.96. The Kier molecular flexibility index (Phi) is 13.8. The van der Waals surface area contributed by atoms with Crippen molar-refractivity contribution in [1.82, 2.24) is 0 Å². The average molecular weight is 849 g/mol. The Balaban J connectivity index is 0.00000230. The number of halogens is 2. The second-order valence-electron chi connectivity index (χ2n) is 11.1. The summed E-state index contributed by atoms with van der Waals surface area (Å²) in [5.74, 6) is 0. The molecule has 0 heterocycles. The quantitative estimate of drug-likeness (QED) is 0.101. The van der Waals surface area contributed by atoms with Crippen molar-refractivity contribution in [3.05, 3.63) is 182 Å². The van der Waals surface area contributed by atoms with Gasteiger partial charge in [-0.15, -0.1) is 0 Å². The molecule has 0 unspecified atom stereocenters. The van der Waals surface area contributed by atoms with Gasteiger partial charge in [0, 0.05) is 0 Å². The number of unbranched alkanes of at least 4 members (excludes halogenated alkanes) is 2. The van der Waals surface area contributed by atoms with E-state index in [9.17, 15) is 0 Å². The van der Waals surface area contributed by atoms with Crippen LogP contribution in [0.15, 0.2) is 182 Å². The van der Waals surface area contributed by atoms with Crippen LogP contribution in [0, 0.1) is 0 Å². The molecule has 45 heavy (non-hydrogen) atoms. The van der Waals surface area contributed by atoms with Crippen LogP contribution in [0.5, 0.6) is 0 Å². The van der Waals surface area contributed by atoms with E-state index in [0.717, 1.165) is 0 Å². The van der Waals surface area contributed by atoms with Crippen LogP contribution >= 0.6 is 14.5 Å². The lowest BCUT2D eigenvalue weighted by Gasteiger charge is -2.29. The summed E-state index contributed by atoms with van der Waals surface area (Å²) in [7, 11) is -3.60. The lowest BCUT2D eigenvalue weighted by atomic mass is 10.3. The van der Waals surface area contributed by atoms with Crippen LogP contribution < -0.4 is 79.8 Å². The van der Waals surface area contributed by atoms with Gasteiger partial charge in [0.1, 0.15) is 46.4 Å². The van der Waals surface area contributed by atoms with Crippen molar-refractivity contribution in [2.24, 2.45) is 0 Å². The second kappa shape index (κ2) is 17.5. The van der Waals surface area contributed by atoms with Gasteiger partial charge in [0.15, 0.2) is 0 Å². The third-order valence-corrected chi connectivity index (χ3v) is 17.7. The van der Waals surface area contributed by atoms with Crippen molar-refractivity contribution < 1.29 is 48.0 Å². The first-order valence-electron chi connectivity index (χ1n) is 15.4. The molecule has 0 saturated heterocycles. The highest BCUT2D eigenvalue weighted by atomic mass is 127. The molecule has 0 atom stereocenters. The van der Waals surface area contributed by atoms with Crippen molar-refractivity contribution >= 4 is 46.4 Å². The molecule has 228 valence electrons. The molecule has 0 saturated carbocycles.